The minimum Gasteiger partial charge on any atom is -0.497 e. The van der Waals surface area contributed by atoms with E-state index in [0.717, 1.165) is 30.8 Å². The Morgan fingerprint density at radius 3 is 2.50 bits per heavy atom. The number of methoxy groups -OCH3 is 1. The minimum atomic E-state index is -0.0803. The lowest BCUT2D eigenvalue weighted by Crippen LogP contribution is -2.53. The second kappa shape index (κ2) is 7.92. The van der Waals surface area contributed by atoms with Crippen LogP contribution in [0.15, 0.2) is 48.5 Å². The maximum absolute atomic E-state index is 12.3. The highest BCUT2D eigenvalue weighted by molar-refractivity contribution is 5.78. The summed E-state index contributed by atoms with van der Waals surface area (Å²) in [6.07, 6.45) is 1.46. The minimum absolute atomic E-state index is 0.0562. The van der Waals surface area contributed by atoms with Crippen LogP contribution in [0.3, 0.4) is 0 Å². The number of benzene rings is 2. The highest BCUT2D eigenvalue weighted by Gasteiger charge is 2.30. The molecule has 0 saturated heterocycles. The zero-order valence-electron chi connectivity index (χ0n) is 15.9. The fourth-order valence-corrected chi connectivity index (χ4v) is 3.43. The Balaban J connectivity index is 1.53. The number of amides is 1. The summed E-state index contributed by atoms with van der Waals surface area (Å²) in [4.78, 5) is 14.8. The number of rotatable bonds is 6. The maximum atomic E-state index is 12.3. The van der Waals surface area contributed by atoms with Crippen LogP contribution in [-0.4, -0.2) is 36.5 Å². The van der Waals surface area contributed by atoms with Crippen molar-refractivity contribution in [1.29, 1.82) is 0 Å². The van der Waals surface area contributed by atoms with Gasteiger partial charge in [-0.3, -0.25) is 9.69 Å². The van der Waals surface area contributed by atoms with Crippen molar-refractivity contribution < 1.29 is 9.53 Å². The van der Waals surface area contributed by atoms with E-state index in [1.165, 1.54) is 11.1 Å². The number of hydrogen-bond acceptors (Lipinski definition) is 3. The molecule has 0 saturated carbocycles. The van der Waals surface area contributed by atoms with Crippen molar-refractivity contribution in [2.24, 2.45) is 0 Å². The molecule has 2 aromatic rings. The Hall–Kier alpha value is -2.33. The van der Waals surface area contributed by atoms with Crippen molar-refractivity contribution in [3.05, 3.63) is 65.2 Å². The normalized spacial score (nSPS) is 14.6. The number of fused-ring (bicyclic) bond motifs is 1. The fourth-order valence-electron chi connectivity index (χ4n) is 3.43. The number of carbonyl (C=O) groups excluding carboxylic acids is 1. The summed E-state index contributed by atoms with van der Waals surface area (Å²) in [5.41, 5.74) is 3.76. The largest absolute Gasteiger partial charge is 0.497 e. The summed E-state index contributed by atoms with van der Waals surface area (Å²) < 4.78 is 5.15. The molecule has 2 aromatic carbocycles. The Morgan fingerprint density at radius 1 is 1.12 bits per heavy atom. The van der Waals surface area contributed by atoms with Gasteiger partial charge in [0, 0.05) is 25.2 Å². The molecule has 1 aliphatic rings. The van der Waals surface area contributed by atoms with Gasteiger partial charge in [0.15, 0.2) is 0 Å². The van der Waals surface area contributed by atoms with E-state index in [-0.39, 0.29) is 11.4 Å². The summed E-state index contributed by atoms with van der Waals surface area (Å²) >= 11 is 0. The quantitative estimate of drug-likeness (QED) is 0.868. The van der Waals surface area contributed by atoms with Crippen LogP contribution in [0.2, 0.25) is 0 Å². The summed E-state index contributed by atoms with van der Waals surface area (Å²) in [6, 6.07) is 16.3. The summed E-state index contributed by atoms with van der Waals surface area (Å²) in [7, 11) is 1.64. The summed E-state index contributed by atoms with van der Waals surface area (Å²) in [5, 5.41) is 3.11. The number of ether oxygens (including phenoxy) is 1. The van der Waals surface area contributed by atoms with E-state index in [1.807, 2.05) is 24.3 Å². The molecule has 3 rings (SSSR count). The molecule has 4 heteroatoms. The first-order valence-electron chi connectivity index (χ1n) is 9.19. The third kappa shape index (κ3) is 4.44. The van der Waals surface area contributed by atoms with Crippen LogP contribution < -0.4 is 10.1 Å². The predicted molar refractivity (Wildman–Crippen MR) is 104 cm³/mol. The van der Waals surface area contributed by atoms with Crippen LogP contribution in [-0.2, 0) is 24.2 Å². The molecule has 0 bridgehead atoms. The van der Waals surface area contributed by atoms with Gasteiger partial charge < -0.3 is 10.1 Å². The van der Waals surface area contributed by atoms with E-state index >= 15 is 0 Å². The first-order chi connectivity index (χ1) is 12.5. The van der Waals surface area contributed by atoms with Gasteiger partial charge in [0.1, 0.15) is 5.75 Å². The number of hydrogen-bond donors (Lipinski definition) is 1. The molecule has 4 nitrogen and oxygen atoms in total. The first-order valence-corrected chi connectivity index (χ1v) is 9.19. The van der Waals surface area contributed by atoms with E-state index in [1.54, 1.807) is 7.11 Å². The fraction of sp³-hybridized carbons (Fsp3) is 0.409. The van der Waals surface area contributed by atoms with E-state index in [2.05, 4.69) is 48.3 Å². The third-order valence-corrected chi connectivity index (χ3v) is 5.23. The molecule has 0 radical (unpaired) electrons. The van der Waals surface area contributed by atoms with Crippen molar-refractivity contribution in [2.75, 3.05) is 20.2 Å². The predicted octanol–water partition coefficient (Wildman–Crippen LogP) is 3.19. The number of nitrogens with one attached hydrogen (secondary N) is 1. The maximum Gasteiger partial charge on any atom is 0.224 e. The van der Waals surface area contributed by atoms with Gasteiger partial charge in [0.2, 0.25) is 5.91 Å². The molecule has 26 heavy (non-hydrogen) atoms. The van der Waals surface area contributed by atoms with Crippen LogP contribution in [0.5, 0.6) is 5.75 Å². The molecule has 1 aliphatic heterocycles. The molecule has 1 heterocycles. The van der Waals surface area contributed by atoms with Gasteiger partial charge in [-0.05, 0) is 49.1 Å². The van der Waals surface area contributed by atoms with Gasteiger partial charge in [-0.2, -0.15) is 0 Å². The molecule has 138 valence electrons. The topological polar surface area (TPSA) is 41.6 Å². The lowest BCUT2D eigenvalue weighted by Gasteiger charge is -2.41. The van der Waals surface area contributed by atoms with Crippen molar-refractivity contribution in [2.45, 2.75) is 38.8 Å². The molecule has 0 aliphatic carbocycles. The van der Waals surface area contributed by atoms with Crippen molar-refractivity contribution in [1.82, 2.24) is 10.2 Å². The van der Waals surface area contributed by atoms with E-state index < -0.39 is 0 Å². The summed E-state index contributed by atoms with van der Waals surface area (Å²) in [6.45, 7) is 7.02. The highest BCUT2D eigenvalue weighted by atomic mass is 16.5. The van der Waals surface area contributed by atoms with Crippen LogP contribution in [0.1, 0.15) is 30.5 Å². The second-order valence-corrected chi connectivity index (χ2v) is 7.55. The SMILES string of the molecule is COc1ccc(CC(=O)NCC(C)(C)N2CCc3ccccc3C2)cc1. The van der Waals surface area contributed by atoms with Crippen molar-refractivity contribution in [3.8, 4) is 5.75 Å². The van der Waals surface area contributed by atoms with Crippen molar-refractivity contribution >= 4 is 5.91 Å². The van der Waals surface area contributed by atoms with Gasteiger partial charge >= 0.3 is 0 Å². The smallest absolute Gasteiger partial charge is 0.224 e. The van der Waals surface area contributed by atoms with E-state index in [0.29, 0.717) is 13.0 Å². The Kier molecular flexibility index (Phi) is 5.62. The first kappa shape index (κ1) is 18.5. The Labute approximate surface area is 156 Å². The highest BCUT2D eigenvalue weighted by Crippen LogP contribution is 2.25. The number of carbonyl (C=O) groups is 1. The average molecular weight is 352 g/mol. The molecule has 0 unspecified atom stereocenters. The van der Waals surface area contributed by atoms with Gasteiger partial charge in [-0.15, -0.1) is 0 Å². The lowest BCUT2D eigenvalue weighted by molar-refractivity contribution is -0.121. The van der Waals surface area contributed by atoms with Crippen LogP contribution in [0.25, 0.3) is 0 Å². The molecule has 0 fully saturated rings. The van der Waals surface area contributed by atoms with E-state index in [4.69, 9.17) is 4.74 Å². The Bertz CT molecular complexity index is 753. The van der Waals surface area contributed by atoms with Gasteiger partial charge in [-0.1, -0.05) is 36.4 Å². The average Bonchev–Trinajstić information content (AvgIpc) is 2.67. The van der Waals surface area contributed by atoms with Crippen LogP contribution in [0.4, 0.5) is 0 Å². The summed E-state index contributed by atoms with van der Waals surface area (Å²) in [5.74, 6) is 0.862. The molecular formula is C22H28N2O2. The molecule has 0 atom stereocenters. The molecule has 1 N–H and O–H groups in total. The van der Waals surface area contributed by atoms with Crippen LogP contribution >= 0.6 is 0 Å². The molecule has 0 aromatic heterocycles. The Morgan fingerprint density at radius 2 is 1.81 bits per heavy atom. The zero-order valence-corrected chi connectivity index (χ0v) is 15.9. The van der Waals surface area contributed by atoms with Gasteiger partial charge in [0.25, 0.3) is 0 Å². The number of nitrogens with zero attached hydrogens (tertiary/aromatic N) is 1. The van der Waals surface area contributed by atoms with Crippen LogP contribution in [0, 0.1) is 0 Å². The van der Waals surface area contributed by atoms with Gasteiger partial charge in [-0.25, -0.2) is 0 Å². The standard InChI is InChI=1S/C22H28N2O2/c1-22(2,24-13-12-18-6-4-5-7-19(18)15-24)16-23-21(25)14-17-8-10-20(26-3)11-9-17/h4-11H,12-16H2,1-3H3,(H,23,25). The van der Waals surface area contributed by atoms with Gasteiger partial charge in [0.05, 0.1) is 13.5 Å². The monoisotopic (exact) mass is 352 g/mol. The molecule has 0 spiro atoms. The lowest BCUT2D eigenvalue weighted by atomic mass is 9.94. The second-order valence-electron chi connectivity index (χ2n) is 7.55. The molecular weight excluding hydrogens is 324 g/mol. The van der Waals surface area contributed by atoms with Crippen molar-refractivity contribution in [3.63, 3.8) is 0 Å². The van der Waals surface area contributed by atoms with E-state index in [9.17, 15) is 4.79 Å². The molecule has 1 amide bonds. The third-order valence-electron chi connectivity index (χ3n) is 5.23. The zero-order chi connectivity index (χ0) is 18.6.